The van der Waals surface area contributed by atoms with Crippen LogP contribution in [0.15, 0.2) is 54.6 Å². The van der Waals surface area contributed by atoms with Gasteiger partial charge in [0.15, 0.2) is 0 Å². The molecule has 0 bridgehead atoms. The lowest BCUT2D eigenvalue weighted by atomic mass is 10.1. The molecular formula is C22H24N4O3. The van der Waals surface area contributed by atoms with E-state index >= 15 is 0 Å². The van der Waals surface area contributed by atoms with Gasteiger partial charge < -0.3 is 21.7 Å². The summed E-state index contributed by atoms with van der Waals surface area (Å²) in [5.74, 6) is -0.531. The van der Waals surface area contributed by atoms with Crippen molar-refractivity contribution in [3.8, 4) is 0 Å². The van der Waals surface area contributed by atoms with Crippen LogP contribution < -0.4 is 21.7 Å². The highest BCUT2D eigenvalue weighted by atomic mass is 16.2. The van der Waals surface area contributed by atoms with Crippen molar-refractivity contribution in [2.75, 3.05) is 17.6 Å². The maximum absolute atomic E-state index is 12.1. The third-order valence-electron chi connectivity index (χ3n) is 4.60. The summed E-state index contributed by atoms with van der Waals surface area (Å²) in [6.45, 7) is 0.505. The molecule has 0 spiro atoms. The zero-order valence-electron chi connectivity index (χ0n) is 16.0. The summed E-state index contributed by atoms with van der Waals surface area (Å²) < 4.78 is 0. The van der Waals surface area contributed by atoms with Gasteiger partial charge in [-0.1, -0.05) is 36.8 Å². The SMILES string of the molecule is Nc1ccccc1NC(=O)CCCCCNC(=O)/C=C1\NC(=O)c2ccccc21. The molecule has 1 aliphatic heterocycles. The van der Waals surface area contributed by atoms with Crippen LogP contribution in [-0.4, -0.2) is 24.3 Å². The number of anilines is 2. The first-order valence-electron chi connectivity index (χ1n) is 9.59. The van der Waals surface area contributed by atoms with Crippen LogP contribution in [0.4, 0.5) is 11.4 Å². The van der Waals surface area contributed by atoms with Gasteiger partial charge >= 0.3 is 0 Å². The van der Waals surface area contributed by atoms with Crippen LogP contribution in [0.5, 0.6) is 0 Å². The van der Waals surface area contributed by atoms with E-state index in [4.69, 9.17) is 5.73 Å². The number of rotatable bonds is 8. The van der Waals surface area contributed by atoms with Gasteiger partial charge in [0.05, 0.1) is 17.1 Å². The number of para-hydroxylation sites is 2. The highest BCUT2D eigenvalue weighted by Crippen LogP contribution is 2.23. The fraction of sp³-hybridized carbons (Fsp3) is 0.227. The number of benzene rings is 2. The minimum Gasteiger partial charge on any atom is -0.397 e. The molecule has 0 unspecified atom stereocenters. The molecule has 1 aliphatic rings. The summed E-state index contributed by atoms with van der Waals surface area (Å²) in [6.07, 6.45) is 4.10. The summed E-state index contributed by atoms with van der Waals surface area (Å²) in [5.41, 5.74) is 8.78. The number of nitrogens with two attached hydrogens (primary N) is 1. The van der Waals surface area contributed by atoms with Gasteiger partial charge in [-0.2, -0.15) is 0 Å². The third kappa shape index (κ3) is 5.44. The van der Waals surface area contributed by atoms with Crippen molar-refractivity contribution in [2.24, 2.45) is 0 Å². The second-order valence-corrected chi connectivity index (χ2v) is 6.79. The van der Waals surface area contributed by atoms with Gasteiger partial charge in [0, 0.05) is 30.2 Å². The van der Waals surface area contributed by atoms with Crippen molar-refractivity contribution in [1.29, 1.82) is 0 Å². The molecule has 7 heteroatoms. The maximum atomic E-state index is 12.1. The maximum Gasteiger partial charge on any atom is 0.256 e. The molecule has 3 amide bonds. The monoisotopic (exact) mass is 392 g/mol. The van der Waals surface area contributed by atoms with Gasteiger partial charge in [-0.05, 0) is 31.0 Å². The van der Waals surface area contributed by atoms with Crippen molar-refractivity contribution in [3.05, 3.63) is 65.7 Å². The van der Waals surface area contributed by atoms with Gasteiger partial charge in [-0.15, -0.1) is 0 Å². The van der Waals surface area contributed by atoms with Crippen molar-refractivity contribution in [1.82, 2.24) is 10.6 Å². The quantitative estimate of drug-likeness (QED) is 0.314. The summed E-state index contributed by atoms with van der Waals surface area (Å²) in [7, 11) is 0. The van der Waals surface area contributed by atoms with Crippen LogP contribution in [0.3, 0.4) is 0 Å². The Morgan fingerprint density at radius 3 is 2.48 bits per heavy atom. The Morgan fingerprint density at radius 2 is 1.69 bits per heavy atom. The second-order valence-electron chi connectivity index (χ2n) is 6.79. The fourth-order valence-corrected chi connectivity index (χ4v) is 3.09. The van der Waals surface area contributed by atoms with E-state index in [1.807, 2.05) is 18.2 Å². The Labute approximate surface area is 169 Å². The predicted molar refractivity (Wildman–Crippen MR) is 113 cm³/mol. The van der Waals surface area contributed by atoms with E-state index in [2.05, 4.69) is 16.0 Å². The van der Waals surface area contributed by atoms with Crippen molar-refractivity contribution < 1.29 is 14.4 Å². The van der Waals surface area contributed by atoms with Crippen LogP contribution in [0.25, 0.3) is 5.70 Å². The highest BCUT2D eigenvalue weighted by Gasteiger charge is 2.23. The Balaban J connectivity index is 1.34. The standard InChI is InChI=1S/C22H24N4O3/c23-17-10-5-6-11-18(17)25-20(27)12-2-1-7-13-24-21(28)14-19-15-8-3-4-9-16(15)22(29)26-19/h3-6,8-11,14H,1-2,7,12-13,23H2,(H,24,28)(H,25,27)(H,26,29)/b19-14-. The lowest BCUT2D eigenvalue weighted by molar-refractivity contribution is -0.117. The minimum absolute atomic E-state index is 0.0766. The highest BCUT2D eigenvalue weighted by molar-refractivity contribution is 6.12. The number of carbonyl (C=O) groups is 3. The molecule has 0 saturated carbocycles. The number of hydrogen-bond donors (Lipinski definition) is 4. The van der Waals surface area contributed by atoms with Gasteiger partial charge in [0.1, 0.15) is 0 Å². The molecule has 5 N–H and O–H groups in total. The molecule has 0 saturated heterocycles. The lowest BCUT2D eigenvalue weighted by Crippen LogP contribution is -2.24. The molecule has 2 aromatic carbocycles. The first-order chi connectivity index (χ1) is 14.0. The van der Waals surface area contributed by atoms with E-state index in [0.29, 0.717) is 35.6 Å². The predicted octanol–water partition coefficient (Wildman–Crippen LogP) is 2.67. The van der Waals surface area contributed by atoms with E-state index in [1.54, 1.807) is 30.3 Å². The molecule has 0 radical (unpaired) electrons. The normalized spacial score (nSPS) is 13.7. The molecule has 2 aromatic rings. The smallest absolute Gasteiger partial charge is 0.256 e. The molecule has 7 nitrogen and oxygen atoms in total. The number of nitrogens with one attached hydrogen (secondary N) is 3. The molecule has 0 aromatic heterocycles. The average molecular weight is 392 g/mol. The van der Waals surface area contributed by atoms with Crippen molar-refractivity contribution in [3.63, 3.8) is 0 Å². The van der Waals surface area contributed by atoms with Crippen molar-refractivity contribution >= 4 is 34.8 Å². The first-order valence-corrected chi connectivity index (χ1v) is 9.59. The average Bonchev–Trinajstić information content (AvgIpc) is 3.02. The zero-order chi connectivity index (χ0) is 20.6. The van der Waals surface area contributed by atoms with E-state index < -0.39 is 0 Å². The number of fused-ring (bicyclic) bond motifs is 1. The molecular weight excluding hydrogens is 368 g/mol. The molecule has 3 rings (SSSR count). The largest absolute Gasteiger partial charge is 0.397 e. The van der Waals surface area contributed by atoms with Crippen LogP contribution >= 0.6 is 0 Å². The summed E-state index contributed by atoms with van der Waals surface area (Å²) in [4.78, 5) is 35.9. The molecule has 0 aliphatic carbocycles. The molecule has 0 fully saturated rings. The molecule has 29 heavy (non-hydrogen) atoms. The fourth-order valence-electron chi connectivity index (χ4n) is 3.09. The van der Waals surface area contributed by atoms with Gasteiger partial charge in [-0.3, -0.25) is 14.4 Å². The first kappa shape index (κ1) is 20.1. The summed E-state index contributed by atoms with van der Waals surface area (Å²) in [6, 6.07) is 14.3. The molecule has 1 heterocycles. The lowest BCUT2D eigenvalue weighted by Gasteiger charge is -2.08. The number of unbranched alkanes of at least 4 members (excludes halogenated alkanes) is 2. The van der Waals surface area contributed by atoms with Crippen LogP contribution in [0.2, 0.25) is 0 Å². The molecule has 0 atom stereocenters. The minimum atomic E-state index is -0.255. The summed E-state index contributed by atoms with van der Waals surface area (Å²) in [5, 5.41) is 8.31. The zero-order valence-corrected chi connectivity index (χ0v) is 16.0. The van der Waals surface area contributed by atoms with E-state index in [0.717, 1.165) is 24.8 Å². The van der Waals surface area contributed by atoms with Crippen LogP contribution in [-0.2, 0) is 9.59 Å². The Bertz CT molecular complexity index is 953. The van der Waals surface area contributed by atoms with Crippen LogP contribution in [0.1, 0.15) is 41.6 Å². The van der Waals surface area contributed by atoms with Gasteiger partial charge in [0.2, 0.25) is 11.8 Å². The summed E-state index contributed by atoms with van der Waals surface area (Å²) >= 11 is 0. The van der Waals surface area contributed by atoms with Crippen molar-refractivity contribution in [2.45, 2.75) is 25.7 Å². The molecule has 150 valence electrons. The van der Waals surface area contributed by atoms with E-state index in [1.165, 1.54) is 6.08 Å². The number of carbonyl (C=O) groups excluding carboxylic acids is 3. The Morgan fingerprint density at radius 1 is 0.966 bits per heavy atom. The Hall–Kier alpha value is -3.61. The number of nitrogen functional groups attached to an aromatic ring is 1. The van der Waals surface area contributed by atoms with Crippen LogP contribution in [0, 0.1) is 0 Å². The Kier molecular flexibility index (Phi) is 6.63. The van der Waals surface area contributed by atoms with Gasteiger partial charge in [0.25, 0.3) is 5.91 Å². The third-order valence-corrected chi connectivity index (χ3v) is 4.60. The number of hydrogen-bond acceptors (Lipinski definition) is 4. The topological polar surface area (TPSA) is 113 Å². The van der Waals surface area contributed by atoms with E-state index in [-0.39, 0.29) is 17.7 Å². The van der Waals surface area contributed by atoms with E-state index in [9.17, 15) is 14.4 Å². The number of amides is 3. The second kappa shape index (κ2) is 9.54. The van der Waals surface area contributed by atoms with Gasteiger partial charge in [-0.25, -0.2) is 0 Å².